The Balaban J connectivity index is 2.06. The van der Waals surface area contributed by atoms with Gasteiger partial charge < -0.3 is 10.6 Å². The van der Waals surface area contributed by atoms with E-state index in [1.165, 1.54) is 4.88 Å². The summed E-state index contributed by atoms with van der Waals surface area (Å²) in [6.07, 6.45) is 0.493. The summed E-state index contributed by atoms with van der Waals surface area (Å²) in [6.45, 7) is 3.63. The number of nitrogens with one attached hydrogen (secondary N) is 2. The SMILES string of the molecule is CCNCCC(=O)Nc1ccccc1-c1cccs1. The Morgan fingerprint density at radius 3 is 2.79 bits per heavy atom. The number of carbonyl (C=O) groups is 1. The van der Waals surface area contributed by atoms with Gasteiger partial charge in [0.15, 0.2) is 0 Å². The van der Waals surface area contributed by atoms with Gasteiger partial charge in [0.25, 0.3) is 0 Å². The van der Waals surface area contributed by atoms with E-state index in [9.17, 15) is 4.79 Å². The highest BCUT2D eigenvalue weighted by Gasteiger charge is 2.08. The minimum absolute atomic E-state index is 0.0463. The molecule has 1 heterocycles. The van der Waals surface area contributed by atoms with Gasteiger partial charge in [0.05, 0.1) is 0 Å². The number of thiophene rings is 1. The van der Waals surface area contributed by atoms with Crippen molar-refractivity contribution in [2.75, 3.05) is 18.4 Å². The van der Waals surface area contributed by atoms with Crippen LogP contribution in [0.2, 0.25) is 0 Å². The first-order valence-electron chi connectivity index (χ1n) is 6.44. The second-order valence-electron chi connectivity index (χ2n) is 4.17. The first kappa shape index (κ1) is 13.8. The van der Waals surface area contributed by atoms with E-state index >= 15 is 0 Å². The summed E-state index contributed by atoms with van der Waals surface area (Å²) in [6, 6.07) is 12.0. The maximum absolute atomic E-state index is 11.9. The molecule has 0 aliphatic carbocycles. The molecule has 0 bridgehead atoms. The standard InChI is InChI=1S/C15H18N2OS/c1-2-16-10-9-15(18)17-13-7-4-3-6-12(13)14-8-5-11-19-14/h3-8,11,16H,2,9-10H2,1H3,(H,17,18). The highest BCUT2D eigenvalue weighted by atomic mass is 32.1. The predicted molar refractivity (Wildman–Crippen MR) is 81.5 cm³/mol. The van der Waals surface area contributed by atoms with Crippen LogP contribution in [0, 0.1) is 0 Å². The minimum atomic E-state index is 0.0463. The highest BCUT2D eigenvalue weighted by Crippen LogP contribution is 2.31. The maximum atomic E-state index is 11.9. The van der Waals surface area contributed by atoms with Crippen LogP contribution in [0.5, 0.6) is 0 Å². The molecule has 1 aromatic heterocycles. The third kappa shape index (κ3) is 3.91. The number of para-hydroxylation sites is 1. The quantitative estimate of drug-likeness (QED) is 0.793. The summed E-state index contributed by atoms with van der Waals surface area (Å²) in [4.78, 5) is 13.0. The number of hydrogen-bond donors (Lipinski definition) is 2. The monoisotopic (exact) mass is 274 g/mol. The molecule has 100 valence electrons. The molecule has 0 aliphatic rings. The predicted octanol–water partition coefficient (Wildman–Crippen LogP) is 3.35. The molecule has 0 fully saturated rings. The van der Waals surface area contributed by atoms with Crippen LogP contribution >= 0.6 is 11.3 Å². The van der Waals surface area contributed by atoms with Crippen molar-refractivity contribution in [1.82, 2.24) is 5.32 Å². The van der Waals surface area contributed by atoms with E-state index in [4.69, 9.17) is 0 Å². The molecular formula is C15H18N2OS. The molecular weight excluding hydrogens is 256 g/mol. The molecule has 2 aromatic rings. The summed E-state index contributed by atoms with van der Waals surface area (Å²) in [5, 5.41) is 8.17. The lowest BCUT2D eigenvalue weighted by atomic mass is 10.1. The fourth-order valence-corrected chi connectivity index (χ4v) is 2.60. The van der Waals surface area contributed by atoms with Gasteiger partial charge in [-0.05, 0) is 24.1 Å². The zero-order chi connectivity index (χ0) is 13.5. The summed E-state index contributed by atoms with van der Waals surface area (Å²) in [5.41, 5.74) is 1.96. The molecule has 0 aliphatic heterocycles. The van der Waals surface area contributed by atoms with Gasteiger partial charge in [-0.3, -0.25) is 4.79 Å². The van der Waals surface area contributed by atoms with Gasteiger partial charge in [-0.1, -0.05) is 31.2 Å². The molecule has 0 atom stereocenters. The normalized spacial score (nSPS) is 10.4. The lowest BCUT2D eigenvalue weighted by molar-refractivity contribution is -0.116. The largest absolute Gasteiger partial charge is 0.325 e. The van der Waals surface area contributed by atoms with E-state index in [0.29, 0.717) is 13.0 Å². The van der Waals surface area contributed by atoms with Gasteiger partial charge in [-0.15, -0.1) is 11.3 Å². The van der Waals surface area contributed by atoms with E-state index in [0.717, 1.165) is 17.8 Å². The van der Waals surface area contributed by atoms with E-state index in [-0.39, 0.29) is 5.91 Å². The van der Waals surface area contributed by atoms with Gasteiger partial charge in [-0.25, -0.2) is 0 Å². The first-order chi connectivity index (χ1) is 9.31. The van der Waals surface area contributed by atoms with Crippen molar-refractivity contribution in [3.63, 3.8) is 0 Å². The topological polar surface area (TPSA) is 41.1 Å². The Bertz CT molecular complexity index is 523. The number of carbonyl (C=O) groups excluding carboxylic acids is 1. The number of rotatable bonds is 6. The van der Waals surface area contributed by atoms with Crippen molar-refractivity contribution in [2.24, 2.45) is 0 Å². The Hall–Kier alpha value is -1.65. The lowest BCUT2D eigenvalue weighted by Gasteiger charge is -2.10. The Morgan fingerprint density at radius 1 is 1.21 bits per heavy atom. The minimum Gasteiger partial charge on any atom is -0.325 e. The van der Waals surface area contributed by atoms with Crippen molar-refractivity contribution in [3.8, 4) is 10.4 Å². The lowest BCUT2D eigenvalue weighted by Crippen LogP contribution is -2.21. The Labute approximate surface area is 117 Å². The Morgan fingerprint density at radius 2 is 2.05 bits per heavy atom. The second kappa shape index (κ2) is 7.07. The summed E-state index contributed by atoms with van der Waals surface area (Å²) < 4.78 is 0. The van der Waals surface area contributed by atoms with Crippen LogP contribution < -0.4 is 10.6 Å². The molecule has 1 amide bonds. The summed E-state index contributed by atoms with van der Waals surface area (Å²) in [7, 11) is 0. The maximum Gasteiger partial charge on any atom is 0.225 e. The fourth-order valence-electron chi connectivity index (χ4n) is 1.83. The second-order valence-corrected chi connectivity index (χ2v) is 5.12. The van der Waals surface area contributed by atoms with E-state index < -0.39 is 0 Å². The van der Waals surface area contributed by atoms with Crippen LogP contribution in [0.15, 0.2) is 41.8 Å². The van der Waals surface area contributed by atoms with Gasteiger partial charge in [-0.2, -0.15) is 0 Å². The van der Waals surface area contributed by atoms with Gasteiger partial charge >= 0.3 is 0 Å². The van der Waals surface area contributed by atoms with Crippen LogP contribution in [0.3, 0.4) is 0 Å². The zero-order valence-corrected chi connectivity index (χ0v) is 11.8. The molecule has 3 nitrogen and oxygen atoms in total. The van der Waals surface area contributed by atoms with Crippen LogP contribution in [0.1, 0.15) is 13.3 Å². The van der Waals surface area contributed by atoms with Crippen LogP contribution in [0.4, 0.5) is 5.69 Å². The average Bonchev–Trinajstić information content (AvgIpc) is 2.93. The first-order valence-corrected chi connectivity index (χ1v) is 7.32. The molecule has 0 unspecified atom stereocenters. The zero-order valence-electron chi connectivity index (χ0n) is 11.0. The van der Waals surface area contributed by atoms with Crippen LogP contribution in [-0.4, -0.2) is 19.0 Å². The summed E-state index contributed by atoms with van der Waals surface area (Å²) >= 11 is 1.68. The van der Waals surface area contributed by atoms with Crippen molar-refractivity contribution >= 4 is 22.9 Å². The van der Waals surface area contributed by atoms with E-state index in [2.05, 4.69) is 16.7 Å². The summed E-state index contributed by atoms with van der Waals surface area (Å²) in [5.74, 6) is 0.0463. The molecule has 0 saturated heterocycles. The molecule has 2 rings (SSSR count). The molecule has 19 heavy (non-hydrogen) atoms. The van der Waals surface area contributed by atoms with Crippen molar-refractivity contribution in [3.05, 3.63) is 41.8 Å². The number of benzene rings is 1. The van der Waals surface area contributed by atoms with Gasteiger partial charge in [0.1, 0.15) is 0 Å². The van der Waals surface area contributed by atoms with Crippen molar-refractivity contribution in [1.29, 1.82) is 0 Å². The molecule has 0 radical (unpaired) electrons. The van der Waals surface area contributed by atoms with Crippen LogP contribution in [-0.2, 0) is 4.79 Å². The van der Waals surface area contributed by atoms with E-state index in [1.807, 2.05) is 42.6 Å². The highest BCUT2D eigenvalue weighted by molar-refractivity contribution is 7.13. The molecule has 1 aromatic carbocycles. The fraction of sp³-hybridized carbons (Fsp3) is 0.267. The third-order valence-corrected chi connectivity index (χ3v) is 3.67. The number of hydrogen-bond acceptors (Lipinski definition) is 3. The number of anilines is 1. The van der Waals surface area contributed by atoms with E-state index in [1.54, 1.807) is 11.3 Å². The van der Waals surface area contributed by atoms with Crippen molar-refractivity contribution in [2.45, 2.75) is 13.3 Å². The average molecular weight is 274 g/mol. The van der Waals surface area contributed by atoms with Crippen LogP contribution in [0.25, 0.3) is 10.4 Å². The van der Waals surface area contributed by atoms with Gasteiger partial charge in [0.2, 0.25) is 5.91 Å². The number of amides is 1. The smallest absolute Gasteiger partial charge is 0.225 e. The molecule has 4 heteroatoms. The molecule has 0 saturated carbocycles. The van der Waals surface area contributed by atoms with Crippen molar-refractivity contribution < 1.29 is 4.79 Å². The molecule has 0 spiro atoms. The third-order valence-electron chi connectivity index (χ3n) is 2.77. The molecule has 2 N–H and O–H groups in total. The Kier molecular flexibility index (Phi) is 5.12. The van der Waals surface area contributed by atoms with Gasteiger partial charge in [0, 0.05) is 29.1 Å².